The molecule has 4 aromatic rings. The summed E-state index contributed by atoms with van der Waals surface area (Å²) in [5.74, 6) is 0.0234. The van der Waals surface area contributed by atoms with E-state index in [-0.39, 0.29) is 18.1 Å². The van der Waals surface area contributed by atoms with Crippen molar-refractivity contribution in [3.05, 3.63) is 87.1 Å². The molecule has 0 saturated carbocycles. The van der Waals surface area contributed by atoms with E-state index in [0.717, 1.165) is 5.56 Å². The van der Waals surface area contributed by atoms with E-state index < -0.39 is 10.8 Å². The number of nitrogens with zero attached hydrogens (tertiary/aromatic N) is 7. The molecule has 0 spiro atoms. The molecule has 32 heavy (non-hydrogen) atoms. The van der Waals surface area contributed by atoms with Crippen LogP contribution in [-0.2, 0) is 13.2 Å². The molecule has 1 amide bonds. The minimum absolute atomic E-state index is 0.0172. The quantitative estimate of drug-likeness (QED) is 0.352. The lowest BCUT2D eigenvalue weighted by Gasteiger charge is -2.04. The van der Waals surface area contributed by atoms with Crippen LogP contribution in [0.15, 0.2) is 48.8 Å². The van der Waals surface area contributed by atoms with Gasteiger partial charge in [-0.2, -0.15) is 15.3 Å². The Balaban J connectivity index is 1.41. The zero-order valence-corrected chi connectivity index (χ0v) is 17.9. The van der Waals surface area contributed by atoms with Gasteiger partial charge in [0.05, 0.1) is 11.5 Å². The van der Waals surface area contributed by atoms with Crippen molar-refractivity contribution in [2.24, 2.45) is 0 Å². The van der Waals surface area contributed by atoms with E-state index in [1.807, 2.05) is 25.1 Å². The van der Waals surface area contributed by atoms with Crippen molar-refractivity contribution in [3.63, 3.8) is 0 Å². The summed E-state index contributed by atoms with van der Waals surface area (Å²) in [5, 5.41) is 26.7. The topological polar surface area (TPSA) is 126 Å². The van der Waals surface area contributed by atoms with Crippen molar-refractivity contribution in [2.75, 3.05) is 5.32 Å². The highest BCUT2D eigenvalue weighted by molar-refractivity contribution is 6.02. The lowest BCUT2D eigenvalue weighted by molar-refractivity contribution is -0.386. The molecule has 11 nitrogen and oxygen atoms in total. The molecular weight excluding hydrogens is 412 g/mol. The van der Waals surface area contributed by atoms with Gasteiger partial charge in [0.25, 0.3) is 5.91 Å². The molecular formula is C21H22N8O3. The minimum atomic E-state index is -0.450. The molecule has 0 bridgehead atoms. The zero-order chi connectivity index (χ0) is 22.8. The molecule has 0 atom stereocenters. The van der Waals surface area contributed by atoms with Crippen LogP contribution in [0, 0.1) is 30.9 Å². The monoisotopic (exact) mass is 434 g/mol. The Bertz CT molecular complexity index is 1300. The maximum atomic E-state index is 12.6. The lowest BCUT2D eigenvalue weighted by Crippen LogP contribution is -2.16. The number of aryl methyl sites for hydroxylation is 2. The number of anilines is 1. The average Bonchev–Trinajstić information content (AvgIpc) is 3.42. The molecule has 3 heterocycles. The number of carbonyl (C=O) groups excluding carboxylic acids is 1. The fraction of sp³-hybridized carbons (Fsp3) is 0.238. The number of benzene rings is 1. The van der Waals surface area contributed by atoms with Crippen molar-refractivity contribution in [3.8, 4) is 0 Å². The van der Waals surface area contributed by atoms with Crippen LogP contribution in [-0.4, -0.2) is 40.2 Å². The molecule has 0 fully saturated rings. The fourth-order valence-electron chi connectivity index (χ4n) is 3.48. The van der Waals surface area contributed by atoms with Crippen LogP contribution in [0.4, 0.5) is 11.5 Å². The number of nitrogens with one attached hydrogen (secondary N) is 1. The first-order chi connectivity index (χ1) is 15.3. The third kappa shape index (κ3) is 4.41. The molecule has 0 aliphatic carbocycles. The van der Waals surface area contributed by atoms with Crippen molar-refractivity contribution in [2.45, 2.75) is 34.0 Å². The van der Waals surface area contributed by atoms with Gasteiger partial charge >= 0.3 is 5.69 Å². The number of nitro groups is 1. The van der Waals surface area contributed by atoms with Gasteiger partial charge in [0.2, 0.25) is 0 Å². The molecule has 0 radical (unpaired) electrons. The van der Waals surface area contributed by atoms with Gasteiger partial charge < -0.3 is 5.32 Å². The number of rotatable bonds is 7. The number of aromatic nitrogens is 6. The smallest absolute Gasteiger partial charge is 0.304 e. The Morgan fingerprint density at radius 2 is 1.84 bits per heavy atom. The Kier molecular flexibility index (Phi) is 5.54. The molecule has 164 valence electrons. The third-order valence-electron chi connectivity index (χ3n) is 4.99. The molecule has 0 saturated heterocycles. The van der Waals surface area contributed by atoms with Crippen LogP contribution >= 0.6 is 0 Å². The van der Waals surface area contributed by atoms with Gasteiger partial charge in [-0.05, 0) is 32.4 Å². The summed E-state index contributed by atoms with van der Waals surface area (Å²) in [6.45, 7) is 6.00. The highest BCUT2D eigenvalue weighted by Crippen LogP contribution is 2.21. The first kappa shape index (κ1) is 21.0. The first-order valence-corrected chi connectivity index (χ1v) is 9.92. The Morgan fingerprint density at radius 3 is 2.56 bits per heavy atom. The van der Waals surface area contributed by atoms with Crippen molar-refractivity contribution >= 4 is 17.4 Å². The largest absolute Gasteiger partial charge is 0.312 e. The second-order valence-electron chi connectivity index (χ2n) is 7.50. The van der Waals surface area contributed by atoms with Crippen LogP contribution in [0.3, 0.4) is 0 Å². The Hall–Kier alpha value is -4.28. The summed E-state index contributed by atoms with van der Waals surface area (Å²) in [7, 11) is 0. The van der Waals surface area contributed by atoms with Gasteiger partial charge in [-0.15, -0.1) is 0 Å². The van der Waals surface area contributed by atoms with Crippen molar-refractivity contribution < 1.29 is 9.72 Å². The molecule has 0 unspecified atom stereocenters. The van der Waals surface area contributed by atoms with Gasteiger partial charge in [0.15, 0.2) is 11.5 Å². The van der Waals surface area contributed by atoms with E-state index in [4.69, 9.17) is 0 Å². The van der Waals surface area contributed by atoms with E-state index in [0.29, 0.717) is 23.8 Å². The molecule has 3 aromatic heterocycles. The summed E-state index contributed by atoms with van der Waals surface area (Å²) in [4.78, 5) is 23.3. The number of carbonyl (C=O) groups is 1. The molecule has 1 aromatic carbocycles. The van der Waals surface area contributed by atoms with Crippen LogP contribution in [0.2, 0.25) is 0 Å². The summed E-state index contributed by atoms with van der Waals surface area (Å²) >= 11 is 0. The fourth-order valence-corrected chi connectivity index (χ4v) is 3.48. The molecule has 4 rings (SSSR count). The predicted octanol–water partition coefficient (Wildman–Crippen LogP) is 2.92. The van der Waals surface area contributed by atoms with E-state index >= 15 is 0 Å². The van der Waals surface area contributed by atoms with Gasteiger partial charge in [0.1, 0.15) is 18.1 Å². The standard InChI is InChI=1S/C21H22N8O3/c1-14-5-4-6-17(11-14)12-26-10-8-19(25-26)22-21(30)18-7-9-27(24-18)13-28-16(3)20(29(31)32)15(2)23-28/h4-11H,12-13H2,1-3H3,(H,22,25,30). The van der Waals surface area contributed by atoms with E-state index in [1.165, 1.54) is 14.9 Å². The maximum Gasteiger partial charge on any atom is 0.312 e. The lowest BCUT2D eigenvalue weighted by atomic mass is 10.1. The first-order valence-electron chi connectivity index (χ1n) is 9.92. The molecule has 0 aliphatic heterocycles. The molecule has 11 heteroatoms. The Morgan fingerprint density at radius 1 is 1.06 bits per heavy atom. The summed E-state index contributed by atoms with van der Waals surface area (Å²) in [5.41, 5.74) is 3.24. The highest BCUT2D eigenvalue weighted by atomic mass is 16.6. The second-order valence-corrected chi connectivity index (χ2v) is 7.50. The number of hydrogen-bond acceptors (Lipinski definition) is 6. The average molecular weight is 434 g/mol. The van der Waals surface area contributed by atoms with Gasteiger partial charge in [-0.3, -0.25) is 24.3 Å². The number of amides is 1. The van der Waals surface area contributed by atoms with Gasteiger partial charge in [0, 0.05) is 18.5 Å². The normalized spacial score (nSPS) is 11.0. The highest BCUT2D eigenvalue weighted by Gasteiger charge is 2.22. The van der Waals surface area contributed by atoms with Crippen molar-refractivity contribution in [1.82, 2.24) is 29.3 Å². The van der Waals surface area contributed by atoms with Crippen LogP contribution in [0.25, 0.3) is 0 Å². The van der Waals surface area contributed by atoms with Crippen LogP contribution in [0.5, 0.6) is 0 Å². The number of hydrogen-bond donors (Lipinski definition) is 1. The third-order valence-corrected chi connectivity index (χ3v) is 4.99. The van der Waals surface area contributed by atoms with Crippen LogP contribution < -0.4 is 5.32 Å². The van der Waals surface area contributed by atoms with E-state index in [1.54, 1.807) is 43.1 Å². The summed E-state index contributed by atoms with van der Waals surface area (Å²) < 4.78 is 4.72. The molecule has 0 aliphatic rings. The van der Waals surface area contributed by atoms with Gasteiger partial charge in [-0.25, -0.2) is 4.68 Å². The van der Waals surface area contributed by atoms with Crippen LogP contribution in [0.1, 0.15) is 33.0 Å². The predicted molar refractivity (Wildman–Crippen MR) is 116 cm³/mol. The molecule has 1 N–H and O–H groups in total. The van der Waals surface area contributed by atoms with Crippen molar-refractivity contribution in [1.29, 1.82) is 0 Å². The summed E-state index contributed by atoms with van der Waals surface area (Å²) in [6, 6.07) is 11.4. The minimum Gasteiger partial charge on any atom is -0.304 e. The van der Waals surface area contributed by atoms with Gasteiger partial charge in [-0.1, -0.05) is 29.8 Å². The van der Waals surface area contributed by atoms with E-state index in [9.17, 15) is 14.9 Å². The van der Waals surface area contributed by atoms with E-state index in [2.05, 4.69) is 26.7 Å². The maximum absolute atomic E-state index is 12.6. The SMILES string of the molecule is Cc1cccc(Cn2ccc(NC(=O)c3ccn(Cn4nc(C)c([N+](=O)[O-])c4C)n3)n2)c1. The zero-order valence-electron chi connectivity index (χ0n) is 17.9. The second kappa shape index (κ2) is 8.46. The summed E-state index contributed by atoms with van der Waals surface area (Å²) in [6.07, 6.45) is 3.42. The Labute approximate surface area is 183 Å².